The lowest BCUT2D eigenvalue weighted by Crippen LogP contribution is -2.51. The molecule has 0 unspecified atom stereocenters. The lowest BCUT2D eigenvalue weighted by atomic mass is 9.75. The van der Waals surface area contributed by atoms with Crippen molar-refractivity contribution in [2.24, 2.45) is 0 Å². The Kier molecular flexibility index (Phi) is 8.41. The monoisotopic (exact) mass is 505 g/mol. The summed E-state index contributed by atoms with van der Waals surface area (Å²) in [5.41, 5.74) is 1.99. The zero-order valence-electron chi connectivity index (χ0n) is 22.5. The summed E-state index contributed by atoms with van der Waals surface area (Å²) in [5.74, 6) is 0.785. The second-order valence-electron chi connectivity index (χ2n) is 11.0. The van der Waals surface area contributed by atoms with E-state index in [0.29, 0.717) is 39.1 Å². The number of methoxy groups -OCH3 is 1. The Labute approximate surface area is 220 Å². The second kappa shape index (κ2) is 11.5. The minimum atomic E-state index is -0.562. The molecule has 0 saturated carbocycles. The van der Waals surface area contributed by atoms with Crippen LogP contribution in [0.4, 0.5) is 4.79 Å². The number of nitrogens with zero attached hydrogens (tertiary/aromatic N) is 2. The normalized spacial score (nSPS) is 21.6. The van der Waals surface area contributed by atoms with Gasteiger partial charge in [-0.2, -0.15) is 5.26 Å². The van der Waals surface area contributed by atoms with E-state index in [1.807, 2.05) is 56.0 Å². The van der Waals surface area contributed by atoms with Gasteiger partial charge in [0.1, 0.15) is 11.4 Å². The molecule has 0 aliphatic carbocycles. The molecule has 7 nitrogen and oxygen atoms in total. The highest BCUT2D eigenvalue weighted by atomic mass is 16.6. The van der Waals surface area contributed by atoms with Gasteiger partial charge >= 0.3 is 6.09 Å². The lowest BCUT2D eigenvalue weighted by Gasteiger charge is -2.42. The Morgan fingerprint density at radius 3 is 2.57 bits per heavy atom. The van der Waals surface area contributed by atoms with Gasteiger partial charge in [0.05, 0.1) is 24.6 Å². The number of hydrogen-bond donors (Lipinski definition) is 1. The molecule has 2 aliphatic heterocycles. The number of nitrogens with one attached hydrogen (secondary N) is 1. The predicted octanol–water partition coefficient (Wildman–Crippen LogP) is 5.50. The molecule has 2 aliphatic rings. The Hall–Kier alpha value is -3.08. The summed E-state index contributed by atoms with van der Waals surface area (Å²) in [7, 11) is 1.67. The quantitative estimate of drug-likeness (QED) is 0.558. The molecule has 4 rings (SSSR count). The molecular weight excluding hydrogens is 466 g/mol. The van der Waals surface area contributed by atoms with E-state index < -0.39 is 11.0 Å². The zero-order valence-corrected chi connectivity index (χ0v) is 22.5. The first-order valence-corrected chi connectivity index (χ1v) is 13.2. The minimum Gasteiger partial charge on any atom is -0.496 e. The number of benzene rings is 2. The zero-order chi connectivity index (χ0) is 26.5. The number of rotatable bonds is 6. The van der Waals surface area contributed by atoms with Gasteiger partial charge in [0.25, 0.3) is 0 Å². The molecular formula is C30H39N3O4. The molecule has 0 spiro atoms. The Bertz CT molecular complexity index is 1100. The van der Waals surface area contributed by atoms with Crippen LogP contribution in [0, 0.1) is 11.3 Å². The van der Waals surface area contributed by atoms with Gasteiger partial charge in [0.2, 0.25) is 0 Å². The summed E-state index contributed by atoms with van der Waals surface area (Å²) >= 11 is 0. The molecule has 1 amide bonds. The average Bonchev–Trinajstić information content (AvgIpc) is 2.91. The summed E-state index contributed by atoms with van der Waals surface area (Å²) in [6, 6.07) is 18.7. The number of carbonyl (C=O) groups excluding carboxylic acids is 1. The van der Waals surface area contributed by atoms with Crippen LogP contribution < -0.4 is 10.1 Å². The van der Waals surface area contributed by atoms with Gasteiger partial charge in [-0.05, 0) is 69.7 Å². The van der Waals surface area contributed by atoms with Crippen molar-refractivity contribution < 1.29 is 19.0 Å². The molecule has 2 fully saturated rings. The number of piperidine rings is 1. The smallest absolute Gasteiger partial charge is 0.410 e. The molecule has 2 saturated heterocycles. The molecule has 37 heavy (non-hydrogen) atoms. The van der Waals surface area contributed by atoms with Gasteiger partial charge in [-0.25, -0.2) is 4.79 Å². The molecule has 2 aromatic carbocycles. The molecule has 0 aromatic heterocycles. The van der Waals surface area contributed by atoms with E-state index in [1.54, 1.807) is 7.11 Å². The third-order valence-electron chi connectivity index (χ3n) is 7.35. The molecule has 2 aromatic rings. The van der Waals surface area contributed by atoms with Gasteiger partial charge in [0.15, 0.2) is 0 Å². The first kappa shape index (κ1) is 27.0. The van der Waals surface area contributed by atoms with Crippen molar-refractivity contribution in [3.05, 3.63) is 65.2 Å². The standard InChI is InChI=1S/C30H39N3O4/c1-29(2,3)37-28(34)33-16-8-11-25(27(33)22-9-6-5-7-10-22)32-20-23-19-24(12-13-26(23)35-4)30(21-31)14-17-36-18-15-30/h5-7,9-10,12-13,19,25,27,32H,8,11,14-18,20H2,1-4H3/t25-,27-/m0/s1. The average molecular weight is 506 g/mol. The first-order chi connectivity index (χ1) is 17.8. The van der Waals surface area contributed by atoms with Crippen molar-refractivity contribution >= 4 is 6.09 Å². The van der Waals surface area contributed by atoms with E-state index >= 15 is 0 Å². The fraction of sp³-hybridized carbons (Fsp3) is 0.533. The number of carbonyl (C=O) groups is 1. The van der Waals surface area contributed by atoms with Crippen molar-refractivity contribution in [3.63, 3.8) is 0 Å². The van der Waals surface area contributed by atoms with Gasteiger partial charge in [-0.1, -0.05) is 36.4 Å². The van der Waals surface area contributed by atoms with Crippen LogP contribution in [0.5, 0.6) is 5.75 Å². The third-order valence-corrected chi connectivity index (χ3v) is 7.35. The Morgan fingerprint density at radius 1 is 1.19 bits per heavy atom. The van der Waals surface area contributed by atoms with Crippen molar-refractivity contribution in [1.82, 2.24) is 10.2 Å². The highest BCUT2D eigenvalue weighted by molar-refractivity contribution is 5.69. The van der Waals surface area contributed by atoms with Gasteiger partial charge < -0.3 is 19.5 Å². The van der Waals surface area contributed by atoms with Crippen LogP contribution in [-0.2, 0) is 21.4 Å². The molecule has 7 heteroatoms. The van der Waals surface area contributed by atoms with E-state index in [2.05, 4.69) is 29.6 Å². The molecule has 0 bridgehead atoms. The maximum atomic E-state index is 13.2. The number of amides is 1. The van der Waals surface area contributed by atoms with Crippen LogP contribution in [0.15, 0.2) is 48.5 Å². The van der Waals surface area contributed by atoms with Crippen LogP contribution >= 0.6 is 0 Å². The molecule has 1 N–H and O–H groups in total. The van der Waals surface area contributed by atoms with E-state index in [0.717, 1.165) is 35.3 Å². The summed E-state index contributed by atoms with van der Waals surface area (Å²) in [6.45, 7) is 8.09. The van der Waals surface area contributed by atoms with E-state index in [-0.39, 0.29) is 18.2 Å². The summed E-state index contributed by atoms with van der Waals surface area (Å²) < 4.78 is 17.0. The highest BCUT2D eigenvalue weighted by Crippen LogP contribution is 2.37. The number of ether oxygens (including phenoxy) is 3. The highest BCUT2D eigenvalue weighted by Gasteiger charge is 2.38. The van der Waals surface area contributed by atoms with Crippen molar-refractivity contribution in [3.8, 4) is 11.8 Å². The number of hydrogen-bond acceptors (Lipinski definition) is 6. The maximum absolute atomic E-state index is 13.2. The van der Waals surface area contributed by atoms with E-state index in [4.69, 9.17) is 14.2 Å². The second-order valence-corrected chi connectivity index (χ2v) is 11.0. The largest absolute Gasteiger partial charge is 0.496 e. The summed E-state index contributed by atoms with van der Waals surface area (Å²) in [5, 5.41) is 13.8. The predicted molar refractivity (Wildman–Crippen MR) is 142 cm³/mol. The Morgan fingerprint density at radius 2 is 1.92 bits per heavy atom. The third kappa shape index (κ3) is 6.26. The fourth-order valence-electron chi connectivity index (χ4n) is 5.44. The van der Waals surface area contributed by atoms with Gasteiger partial charge in [0, 0.05) is 37.9 Å². The van der Waals surface area contributed by atoms with Crippen LogP contribution in [0.2, 0.25) is 0 Å². The number of likely N-dealkylation sites (tertiary alicyclic amines) is 1. The van der Waals surface area contributed by atoms with Crippen LogP contribution in [0.1, 0.15) is 69.2 Å². The lowest BCUT2D eigenvalue weighted by molar-refractivity contribution is 0.00379. The van der Waals surface area contributed by atoms with Gasteiger partial charge in [-0.3, -0.25) is 4.90 Å². The molecule has 0 radical (unpaired) electrons. The van der Waals surface area contributed by atoms with Crippen molar-refractivity contribution in [1.29, 1.82) is 5.26 Å². The van der Waals surface area contributed by atoms with Gasteiger partial charge in [-0.15, -0.1) is 0 Å². The molecule has 2 heterocycles. The summed E-state index contributed by atoms with van der Waals surface area (Å²) in [4.78, 5) is 15.1. The fourth-order valence-corrected chi connectivity index (χ4v) is 5.44. The maximum Gasteiger partial charge on any atom is 0.410 e. The summed E-state index contributed by atoms with van der Waals surface area (Å²) in [6.07, 6.45) is 2.90. The van der Waals surface area contributed by atoms with Crippen LogP contribution in [0.25, 0.3) is 0 Å². The van der Waals surface area contributed by atoms with E-state index in [9.17, 15) is 10.1 Å². The van der Waals surface area contributed by atoms with Crippen LogP contribution in [-0.4, -0.2) is 49.5 Å². The van der Waals surface area contributed by atoms with Crippen LogP contribution in [0.3, 0.4) is 0 Å². The Balaban J connectivity index is 1.60. The molecule has 198 valence electrons. The first-order valence-electron chi connectivity index (χ1n) is 13.2. The van der Waals surface area contributed by atoms with Crippen molar-refractivity contribution in [2.45, 2.75) is 76.1 Å². The minimum absolute atomic E-state index is 0.0324. The number of nitriles is 1. The topological polar surface area (TPSA) is 83.8 Å². The SMILES string of the molecule is COc1ccc(C2(C#N)CCOCC2)cc1CN[C@H]1CCCN(C(=O)OC(C)(C)C)[C@H]1c1ccccc1. The van der Waals surface area contributed by atoms with Crippen molar-refractivity contribution in [2.75, 3.05) is 26.9 Å². The molecule has 2 atom stereocenters. The van der Waals surface area contributed by atoms with E-state index in [1.165, 1.54) is 0 Å².